The summed E-state index contributed by atoms with van der Waals surface area (Å²) in [5.41, 5.74) is 8.30. The topological polar surface area (TPSA) is 29.3 Å². The molecule has 0 aliphatic heterocycles. The summed E-state index contributed by atoms with van der Waals surface area (Å²) in [6.45, 7) is 6.47. The van der Waals surface area contributed by atoms with Crippen LogP contribution in [-0.4, -0.2) is 19.1 Å². The van der Waals surface area contributed by atoms with Gasteiger partial charge in [0.2, 0.25) is 0 Å². The van der Waals surface area contributed by atoms with E-state index in [1.54, 1.807) is 0 Å². The molecule has 19 heavy (non-hydrogen) atoms. The number of benzene rings is 1. The Bertz CT molecular complexity index is 413. The van der Waals surface area contributed by atoms with Gasteiger partial charge in [0.25, 0.3) is 0 Å². The summed E-state index contributed by atoms with van der Waals surface area (Å²) in [5, 5.41) is 0. The predicted molar refractivity (Wildman–Crippen MR) is 86.7 cm³/mol. The Kier molecular flexibility index (Phi) is 5.28. The molecule has 0 amide bonds. The van der Waals surface area contributed by atoms with Gasteiger partial charge >= 0.3 is 0 Å². The van der Waals surface area contributed by atoms with E-state index in [9.17, 15) is 0 Å². The van der Waals surface area contributed by atoms with Gasteiger partial charge in [0.15, 0.2) is 0 Å². The van der Waals surface area contributed by atoms with Crippen molar-refractivity contribution in [2.75, 3.05) is 18.0 Å². The number of hydrogen-bond donors (Lipinski definition) is 1. The Hall–Kier alpha value is -0.540. The van der Waals surface area contributed by atoms with E-state index in [0.29, 0.717) is 6.54 Å². The Balaban J connectivity index is 2.10. The quantitative estimate of drug-likeness (QED) is 0.822. The van der Waals surface area contributed by atoms with Crippen molar-refractivity contribution in [1.29, 1.82) is 0 Å². The van der Waals surface area contributed by atoms with Gasteiger partial charge < -0.3 is 10.6 Å². The highest BCUT2D eigenvalue weighted by molar-refractivity contribution is 9.10. The van der Waals surface area contributed by atoms with Crippen LogP contribution in [-0.2, 0) is 6.42 Å². The monoisotopic (exact) mass is 324 g/mol. The second-order valence-corrected chi connectivity index (χ2v) is 6.78. The van der Waals surface area contributed by atoms with Crippen molar-refractivity contribution in [3.05, 3.63) is 28.2 Å². The van der Waals surface area contributed by atoms with Crippen LogP contribution in [0.2, 0.25) is 0 Å². The number of nitrogens with zero attached hydrogens (tertiary/aromatic N) is 1. The van der Waals surface area contributed by atoms with Gasteiger partial charge in [0.05, 0.1) is 0 Å². The van der Waals surface area contributed by atoms with Gasteiger partial charge in [0, 0.05) is 22.7 Å². The van der Waals surface area contributed by atoms with Gasteiger partial charge in [-0.1, -0.05) is 35.8 Å². The predicted octanol–water partition coefficient (Wildman–Crippen LogP) is 3.97. The maximum Gasteiger partial charge on any atom is 0.0380 e. The van der Waals surface area contributed by atoms with Gasteiger partial charge in [-0.3, -0.25) is 0 Å². The summed E-state index contributed by atoms with van der Waals surface area (Å²) < 4.78 is 1.20. The molecule has 0 aromatic heterocycles. The first-order valence-electron chi connectivity index (χ1n) is 7.37. The highest BCUT2D eigenvalue weighted by Gasteiger charge is 2.29. The zero-order valence-electron chi connectivity index (χ0n) is 12.0. The van der Waals surface area contributed by atoms with Gasteiger partial charge in [-0.05, 0) is 55.8 Å². The molecule has 2 N–H and O–H groups in total. The summed E-state index contributed by atoms with van der Waals surface area (Å²) in [6, 6.07) is 7.51. The lowest BCUT2D eigenvalue weighted by Gasteiger charge is -2.26. The van der Waals surface area contributed by atoms with Crippen molar-refractivity contribution in [2.45, 2.75) is 45.6 Å². The van der Waals surface area contributed by atoms with Crippen molar-refractivity contribution in [2.24, 2.45) is 11.7 Å². The maximum absolute atomic E-state index is 5.64. The highest BCUT2D eigenvalue weighted by Crippen LogP contribution is 2.34. The molecule has 1 aliphatic rings. The average Bonchev–Trinajstić information content (AvgIpc) is 3.17. The minimum atomic E-state index is 0.706. The number of hydrogen-bond acceptors (Lipinski definition) is 2. The summed E-state index contributed by atoms with van der Waals surface area (Å²) in [7, 11) is 0. The van der Waals surface area contributed by atoms with Crippen LogP contribution < -0.4 is 10.6 Å². The zero-order valence-corrected chi connectivity index (χ0v) is 13.6. The fourth-order valence-corrected chi connectivity index (χ4v) is 2.94. The van der Waals surface area contributed by atoms with E-state index in [2.05, 4.69) is 52.9 Å². The van der Waals surface area contributed by atoms with Crippen molar-refractivity contribution in [3.63, 3.8) is 0 Å². The van der Waals surface area contributed by atoms with Crippen molar-refractivity contribution >= 4 is 21.6 Å². The van der Waals surface area contributed by atoms with E-state index in [4.69, 9.17) is 5.73 Å². The minimum Gasteiger partial charge on any atom is -0.369 e. The van der Waals surface area contributed by atoms with Crippen molar-refractivity contribution in [3.8, 4) is 0 Å². The molecule has 0 bridgehead atoms. The number of nitrogens with two attached hydrogens (primary N) is 1. The molecule has 0 radical (unpaired) electrons. The second-order valence-electron chi connectivity index (χ2n) is 5.92. The SMILES string of the molecule is CC(C)CCN(c1ccc(CCN)c(Br)c1)C1CC1. The smallest absolute Gasteiger partial charge is 0.0380 e. The highest BCUT2D eigenvalue weighted by atomic mass is 79.9. The second kappa shape index (κ2) is 6.76. The molecule has 3 heteroatoms. The Morgan fingerprint density at radius 3 is 2.63 bits per heavy atom. The van der Waals surface area contributed by atoms with Gasteiger partial charge in [-0.15, -0.1) is 0 Å². The van der Waals surface area contributed by atoms with Crippen molar-refractivity contribution < 1.29 is 0 Å². The third-order valence-electron chi connectivity index (χ3n) is 3.72. The molecule has 0 spiro atoms. The number of halogens is 1. The third kappa shape index (κ3) is 4.22. The van der Waals surface area contributed by atoms with Crippen LogP contribution >= 0.6 is 15.9 Å². The van der Waals surface area contributed by atoms with Crippen LogP contribution in [0.25, 0.3) is 0 Å². The van der Waals surface area contributed by atoms with E-state index in [1.165, 1.54) is 41.5 Å². The standard InChI is InChI=1S/C16H25BrN2/c1-12(2)8-10-19(14-5-6-14)15-4-3-13(7-9-18)16(17)11-15/h3-4,11-12,14H,5-10,18H2,1-2H3. The van der Waals surface area contributed by atoms with Gasteiger partial charge in [-0.2, -0.15) is 0 Å². The van der Waals surface area contributed by atoms with Crippen LogP contribution in [0.4, 0.5) is 5.69 Å². The van der Waals surface area contributed by atoms with E-state index in [0.717, 1.165) is 18.4 Å². The van der Waals surface area contributed by atoms with E-state index >= 15 is 0 Å². The molecule has 0 heterocycles. The lowest BCUT2D eigenvalue weighted by Crippen LogP contribution is -2.27. The Labute approximate surface area is 125 Å². The van der Waals surface area contributed by atoms with E-state index in [-0.39, 0.29) is 0 Å². The van der Waals surface area contributed by atoms with Crippen LogP contribution in [0, 0.1) is 5.92 Å². The first-order valence-corrected chi connectivity index (χ1v) is 8.16. The van der Waals surface area contributed by atoms with E-state index in [1.807, 2.05) is 0 Å². The minimum absolute atomic E-state index is 0.706. The summed E-state index contributed by atoms with van der Waals surface area (Å²) >= 11 is 3.68. The van der Waals surface area contributed by atoms with E-state index < -0.39 is 0 Å². The van der Waals surface area contributed by atoms with Crippen LogP contribution in [0.5, 0.6) is 0 Å². The molecule has 2 nitrogen and oxygen atoms in total. The molecule has 2 rings (SSSR count). The first kappa shape index (κ1) is 14.9. The lowest BCUT2D eigenvalue weighted by atomic mass is 10.1. The summed E-state index contributed by atoms with van der Waals surface area (Å²) in [6.07, 6.45) is 4.90. The maximum atomic E-state index is 5.64. The van der Waals surface area contributed by atoms with Crippen molar-refractivity contribution in [1.82, 2.24) is 0 Å². The molecule has 1 saturated carbocycles. The average molecular weight is 325 g/mol. The fourth-order valence-electron chi connectivity index (χ4n) is 2.38. The molecule has 106 valence electrons. The molecule has 1 fully saturated rings. The fraction of sp³-hybridized carbons (Fsp3) is 0.625. The lowest BCUT2D eigenvalue weighted by molar-refractivity contribution is 0.570. The molecule has 0 saturated heterocycles. The number of rotatable bonds is 7. The third-order valence-corrected chi connectivity index (χ3v) is 4.46. The molecule has 1 aromatic rings. The molecular formula is C16H25BrN2. The van der Waals surface area contributed by atoms with Gasteiger partial charge in [-0.25, -0.2) is 0 Å². The normalized spacial score (nSPS) is 15.0. The Morgan fingerprint density at radius 1 is 1.37 bits per heavy atom. The van der Waals surface area contributed by atoms with Crippen LogP contribution in [0.3, 0.4) is 0 Å². The molecule has 1 aromatic carbocycles. The largest absolute Gasteiger partial charge is 0.369 e. The Morgan fingerprint density at radius 2 is 2.11 bits per heavy atom. The molecule has 1 aliphatic carbocycles. The van der Waals surface area contributed by atoms with Crippen LogP contribution in [0.15, 0.2) is 22.7 Å². The number of anilines is 1. The zero-order chi connectivity index (χ0) is 13.8. The van der Waals surface area contributed by atoms with Crippen LogP contribution in [0.1, 0.15) is 38.7 Å². The van der Waals surface area contributed by atoms with Gasteiger partial charge in [0.1, 0.15) is 0 Å². The molecule has 0 unspecified atom stereocenters. The summed E-state index contributed by atoms with van der Waals surface area (Å²) in [5.74, 6) is 0.765. The molecule has 0 atom stereocenters. The summed E-state index contributed by atoms with van der Waals surface area (Å²) in [4.78, 5) is 2.58. The first-order chi connectivity index (χ1) is 9.11. The molecular weight excluding hydrogens is 300 g/mol.